The van der Waals surface area contributed by atoms with Gasteiger partial charge in [-0.1, -0.05) is 99.4 Å². The average Bonchev–Trinajstić information content (AvgIpc) is 3.72. The summed E-state index contributed by atoms with van der Waals surface area (Å²) in [6.45, 7) is 11.0. The molecule has 4 aromatic rings. The molecule has 7 heteroatoms. The number of halogens is 3. The van der Waals surface area contributed by atoms with Crippen LogP contribution in [0.3, 0.4) is 0 Å². The van der Waals surface area contributed by atoms with Crippen molar-refractivity contribution < 1.29 is 9.59 Å². The van der Waals surface area contributed by atoms with Crippen molar-refractivity contribution in [3.63, 3.8) is 0 Å². The summed E-state index contributed by atoms with van der Waals surface area (Å²) < 4.78 is 0. The zero-order valence-corrected chi connectivity index (χ0v) is 33.4. The number of nitrogens with zero attached hydrogens (tertiary/aromatic N) is 1. The van der Waals surface area contributed by atoms with Crippen LogP contribution in [0.4, 0.5) is 0 Å². The van der Waals surface area contributed by atoms with Gasteiger partial charge in [0.05, 0.1) is 6.04 Å². The van der Waals surface area contributed by atoms with Crippen molar-refractivity contribution in [2.45, 2.75) is 78.3 Å². The first kappa shape index (κ1) is 39.0. The van der Waals surface area contributed by atoms with Gasteiger partial charge in [-0.2, -0.15) is 0 Å². The van der Waals surface area contributed by atoms with Crippen LogP contribution in [-0.4, -0.2) is 41.2 Å². The minimum atomic E-state index is -0.461. The highest BCUT2D eigenvalue weighted by atomic mass is 35.5. The van der Waals surface area contributed by atoms with Crippen molar-refractivity contribution in [2.24, 2.45) is 11.8 Å². The zero-order valence-electron chi connectivity index (χ0n) is 31.1. The second-order valence-electron chi connectivity index (χ2n) is 15.2. The van der Waals surface area contributed by atoms with E-state index in [0.29, 0.717) is 27.6 Å². The number of amides is 1. The molecule has 0 bridgehead atoms. The quantitative estimate of drug-likeness (QED) is 0.199. The number of carbonyl (C=O) groups excluding carboxylic acids is 2. The maximum absolute atomic E-state index is 13.2. The SMILES string of the molecule is CC(C)CC1C2=C(CCN1C(=O)c1ccc(Cl)cc1)c1ccccc1C2.CC(C)CC1NCCC2=C1Cc1ccccc12.O=C(Cl)c1ccc(Cl)cc1. The first-order valence-electron chi connectivity index (χ1n) is 18.9. The fraction of sp³-hybridized carbons (Fsp3) is 0.348. The van der Waals surface area contributed by atoms with Gasteiger partial charge in [-0.25, -0.2) is 0 Å². The predicted molar refractivity (Wildman–Crippen MR) is 222 cm³/mol. The minimum Gasteiger partial charge on any atom is -0.332 e. The summed E-state index contributed by atoms with van der Waals surface area (Å²) in [5.41, 5.74) is 13.3. The number of carbonyl (C=O) groups is 2. The molecule has 1 N–H and O–H groups in total. The zero-order chi connectivity index (χ0) is 37.6. The minimum absolute atomic E-state index is 0.120. The smallest absolute Gasteiger partial charge is 0.254 e. The molecular weight excluding hydrogens is 719 g/mol. The Morgan fingerprint density at radius 1 is 0.679 bits per heavy atom. The van der Waals surface area contributed by atoms with E-state index in [1.54, 1.807) is 47.5 Å². The lowest BCUT2D eigenvalue weighted by Crippen LogP contribution is -2.45. The van der Waals surface area contributed by atoms with Crippen molar-refractivity contribution in [3.8, 4) is 0 Å². The molecule has 0 radical (unpaired) electrons. The topological polar surface area (TPSA) is 49.4 Å². The van der Waals surface area contributed by atoms with Crippen LogP contribution >= 0.6 is 34.8 Å². The molecule has 276 valence electrons. The Labute approximate surface area is 330 Å². The molecule has 2 unspecified atom stereocenters. The summed E-state index contributed by atoms with van der Waals surface area (Å²) in [5, 5.41) is 4.50. The molecule has 0 aromatic heterocycles. The predicted octanol–water partition coefficient (Wildman–Crippen LogP) is 11.7. The van der Waals surface area contributed by atoms with E-state index in [-0.39, 0.29) is 11.9 Å². The van der Waals surface area contributed by atoms with E-state index >= 15 is 0 Å². The molecule has 2 heterocycles. The number of nitrogens with one attached hydrogen (secondary N) is 1. The highest BCUT2D eigenvalue weighted by Gasteiger charge is 2.37. The van der Waals surface area contributed by atoms with Gasteiger partial charge in [0.25, 0.3) is 11.1 Å². The molecule has 2 aliphatic heterocycles. The van der Waals surface area contributed by atoms with Gasteiger partial charge in [0, 0.05) is 33.8 Å². The van der Waals surface area contributed by atoms with Gasteiger partial charge >= 0.3 is 0 Å². The van der Waals surface area contributed by atoms with Crippen LogP contribution in [0.5, 0.6) is 0 Å². The molecule has 0 fully saturated rings. The maximum Gasteiger partial charge on any atom is 0.254 e. The van der Waals surface area contributed by atoms with Crippen molar-refractivity contribution in [1.29, 1.82) is 0 Å². The number of hydrogen-bond acceptors (Lipinski definition) is 3. The molecule has 2 aliphatic carbocycles. The largest absolute Gasteiger partial charge is 0.332 e. The summed E-state index contributed by atoms with van der Waals surface area (Å²) in [6, 6.07) is 32.1. The normalized spacial score (nSPS) is 18.4. The highest BCUT2D eigenvalue weighted by Crippen LogP contribution is 2.43. The van der Waals surface area contributed by atoms with E-state index in [2.05, 4.69) is 86.4 Å². The number of rotatable bonds is 6. The molecule has 8 rings (SSSR count). The highest BCUT2D eigenvalue weighted by molar-refractivity contribution is 6.67. The van der Waals surface area contributed by atoms with Gasteiger partial charge in [-0.05, 0) is 162 Å². The molecule has 0 saturated carbocycles. The van der Waals surface area contributed by atoms with E-state index < -0.39 is 5.24 Å². The van der Waals surface area contributed by atoms with Gasteiger partial charge in [0.1, 0.15) is 0 Å². The first-order valence-corrected chi connectivity index (χ1v) is 20.0. The van der Waals surface area contributed by atoms with Crippen LogP contribution in [0.1, 0.15) is 96.3 Å². The Kier molecular flexibility index (Phi) is 13.0. The Morgan fingerprint density at radius 2 is 1.19 bits per heavy atom. The van der Waals surface area contributed by atoms with Crippen molar-refractivity contribution in [2.75, 3.05) is 13.1 Å². The third kappa shape index (κ3) is 9.35. The summed E-state index contributed by atoms with van der Waals surface area (Å²) >= 11 is 16.7. The monoisotopic (exact) mass is 766 g/mol. The van der Waals surface area contributed by atoms with Crippen LogP contribution in [0.25, 0.3) is 11.1 Å². The molecule has 0 saturated heterocycles. The molecule has 4 aromatic carbocycles. The lowest BCUT2D eigenvalue weighted by molar-refractivity contribution is 0.0681. The summed E-state index contributed by atoms with van der Waals surface area (Å²) in [5.74, 6) is 1.42. The van der Waals surface area contributed by atoms with Gasteiger partial charge in [-0.15, -0.1) is 0 Å². The van der Waals surface area contributed by atoms with Crippen LogP contribution in [0, 0.1) is 11.8 Å². The van der Waals surface area contributed by atoms with E-state index in [0.717, 1.165) is 43.8 Å². The van der Waals surface area contributed by atoms with Crippen LogP contribution in [0.15, 0.2) is 108 Å². The van der Waals surface area contributed by atoms with Gasteiger partial charge in [0.2, 0.25) is 0 Å². The number of benzene rings is 4. The Balaban J connectivity index is 0.000000152. The van der Waals surface area contributed by atoms with E-state index in [4.69, 9.17) is 34.8 Å². The van der Waals surface area contributed by atoms with Crippen LogP contribution < -0.4 is 5.32 Å². The van der Waals surface area contributed by atoms with Crippen LogP contribution in [-0.2, 0) is 12.8 Å². The Morgan fingerprint density at radius 3 is 1.74 bits per heavy atom. The summed E-state index contributed by atoms with van der Waals surface area (Å²) in [7, 11) is 0. The average molecular weight is 768 g/mol. The summed E-state index contributed by atoms with van der Waals surface area (Å²) in [4.78, 5) is 25.8. The summed E-state index contributed by atoms with van der Waals surface area (Å²) in [6.07, 6.45) is 6.59. The Hall–Kier alpha value is -3.67. The second-order valence-corrected chi connectivity index (χ2v) is 16.5. The molecular formula is C46H49Cl3N2O2. The molecule has 1 amide bonds. The molecule has 4 nitrogen and oxygen atoms in total. The van der Waals surface area contributed by atoms with E-state index in [9.17, 15) is 9.59 Å². The molecule has 0 spiro atoms. The fourth-order valence-corrected chi connectivity index (χ4v) is 8.59. The lowest BCUT2D eigenvalue weighted by atomic mass is 9.87. The van der Waals surface area contributed by atoms with Crippen molar-refractivity contribution in [3.05, 3.63) is 152 Å². The molecule has 4 aliphatic rings. The molecule has 2 atom stereocenters. The van der Waals surface area contributed by atoms with E-state index in [1.807, 2.05) is 12.1 Å². The second kappa shape index (κ2) is 17.6. The van der Waals surface area contributed by atoms with Gasteiger partial charge < -0.3 is 10.2 Å². The third-order valence-electron chi connectivity index (χ3n) is 10.6. The molecule has 53 heavy (non-hydrogen) atoms. The lowest BCUT2D eigenvalue weighted by Gasteiger charge is -2.38. The first-order chi connectivity index (χ1) is 25.5. The van der Waals surface area contributed by atoms with Crippen LogP contribution in [0.2, 0.25) is 10.0 Å². The maximum atomic E-state index is 13.2. The fourth-order valence-electron chi connectivity index (χ4n) is 8.22. The van der Waals surface area contributed by atoms with Gasteiger partial charge in [0.15, 0.2) is 0 Å². The van der Waals surface area contributed by atoms with Gasteiger partial charge in [-0.3, -0.25) is 9.59 Å². The Bertz CT molecular complexity index is 2000. The third-order valence-corrected chi connectivity index (χ3v) is 11.3. The number of fused-ring (bicyclic) bond motifs is 4. The standard InChI is InChI=1S/C23H24ClNO.C16H21N.C7H4Cl2O/c1-15(2)13-22-21-14-17-5-3-4-6-19(17)20(21)11-12-25(22)23(26)16-7-9-18(24)10-8-16;1-11(2)9-16-15-10-12-5-3-4-6-13(12)14(15)7-8-17-16;8-6-3-1-5(2-4-6)7(9)10/h3-10,15,22H,11-14H2,1-2H3;3-6,11,16-17H,7-10H2,1-2H3;1-4H. The van der Waals surface area contributed by atoms with Crippen molar-refractivity contribution >= 4 is 57.1 Å². The van der Waals surface area contributed by atoms with Crippen molar-refractivity contribution in [1.82, 2.24) is 10.2 Å². The van der Waals surface area contributed by atoms with E-state index in [1.165, 1.54) is 52.7 Å². The number of hydrogen-bond donors (Lipinski definition) is 1.